The standard InChI is InChI=1S/C28H25FN2O4S2/c1-37(34,35)23-6-2-5-21(16-23)28(33)31-14-12-19(13-15-31)18-8-10-22(11-9-18)30-27(32)25-17-20-4-3-7-24(29)26(20)36-25/h2-11,16-17,19H,12-15H2,1H3,(H,30,32). The molecule has 9 heteroatoms. The first-order chi connectivity index (χ1) is 17.7. The zero-order valence-electron chi connectivity index (χ0n) is 20.1. The number of thiophene rings is 1. The van der Waals surface area contributed by atoms with Crippen molar-refractivity contribution in [3.05, 3.63) is 94.6 Å². The summed E-state index contributed by atoms with van der Waals surface area (Å²) >= 11 is 1.13. The molecule has 4 aromatic rings. The molecule has 5 rings (SSSR count). The number of sulfone groups is 1. The minimum Gasteiger partial charge on any atom is -0.339 e. The third-order valence-electron chi connectivity index (χ3n) is 6.65. The molecule has 1 aliphatic rings. The molecule has 1 aliphatic heterocycles. The van der Waals surface area contributed by atoms with Crippen LogP contribution in [-0.4, -0.2) is 44.5 Å². The van der Waals surface area contributed by atoms with E-state index in [0.717, 1.165) is 36.0 Å². The minimum absolute atomic E-state index is 0.139. The first kappa shape index (κ1) is 25.1. The predicted molar refractivity (Wildman–Crippen MR) is 144 cm³/mol. The quantitative estimate of drug-likeness (QED) is 0.354. The van der Waals surface area contributed by atoms with Crippen LogP contribution in [0.1, 0.15) is 44.4 Å². The van der Waals surface area contributed by atoms with Gasteiger partial charge in [0.15, 0.2) is 9.84 Å². The Morgan fingerprint density at radius 3 is 2.35 bits per heavy atom. The fourth-order valence-electron chi connectivity index (χ4n) is 4.63. The van der Waals surface area contributed by atoms with Crippen molar-refractivity contribution in [2.24, 2.45) is 0 Å². The second kappa shape index (κ2) is 10.1. The molecule has 0 spiro atoms. The number of rotatable bonds is 5. The summed E-state index contributed by atoms with van der Waals surface area (Å²) in [6.45, 7) is 1.15. The number of amides is 2. The number of nitrogens with zero attached hydrogens (tertiary/aromatic N) is 1. The van der Waals surface area contributed by atoms with Crippen molar-refractivity contribution in [2.75, 3.05) is 24.7 Å². The van der Waals surface area contributed by atoms with Crippen LogP contribution in [0.3, 0.4) is 0 Å². The zero-order valence-corrected chi connectivity index (χ0v) is 21.7. The molecule has 0 aliphatic carbocycles. The maximum Gasteiger partial charge on any atom is 0.265 e. The smallest absolute Gasteiger partial charge is 0.265 e. The number of hydrogen-bond donors (Lipinski definition) is 1. The molecular weight excluding hydrogens is 511 g/mol. The summed E-state index contributed by atoms with van der Waals surface area (Å²) in [6, 6.07) is 20.3. The molecule has 0 atom stereocenters. The third kappa shape index (κ3) is 5.42. The van der Waals surface area contributed by atoms with Crippen molar-refractivity contribution < 1.29 is 22.4 Å². The average molecular weight is 537 g/mol. The number of halogens is 1. The Morgan fingerprint density at radius 2 is 1.68 bits per heavy atom. The van der Waals surface area contributed by atoms with Crippen molar-refractivity contribution in [3.8, 4) is 0 Å². The summed E-state index contributed by atoms with van der Waals surface area (Å²) in [5.74, 6) is -0.494. The van der Waals surface area contributed by atoms with Gasteiger partial charge in [0.05, 0.1) is 14.5 Å². The molecular formula is C28H25FN2O4S2. The van der Waals surface area contributed by atoms with Gasteiger partial charge in [0.2, 0.25) is 0 Å². The Balaban J connectivity index is 1.19. The lowest BCUT2D eigenvalue weighted by molar-refractivity contribution is 0.0712. The van der Waals surface area contributed by atoms with E-state index in [1.54, 1.807) is 35.2 Å². The Morgan fingerprint density at radius 1 is 0.973 bits per heavy atom. The highest BCUT2D eigenvalue weighted by Crippen LogP contribution is 2.31. The van der Waals surface area contributed by atoms with Gasteiger partial charge < -0.3 is 10.2 Å². The Hall–Kier alpha value is -3.56. The van der Waals surface area contributed by atoms with E-state index in [1.165, 1.54) is 18.2 Å². The highest BCUT2D eigenvalue weighted by atomic mass is 32.2. The van der Waals surface area contributed by atoms with Crippen LogP contribution < -0.4 is 5.32 Å². The minimum atomic E-state index is -3.38. The van der Waals surface area contributed by atoms with Crippen molar-refractivity contribution in [3.63, 3.8) is 0 Å². The number of hydrogen-bond acceptors (Lipinski definition) is 5. The van der Waals surface area contributed by atoms with Crippen molar-refractivity contribution >= 4 is 48.8 Å². The van der Waals surface area contributed by atoms with E-state index in [2.05, 4.69) is 5.32 Å². The number of benzene rings is 3. The molecule has 6 nitrogen and oxygen atoms in total. The summed E-state index contributed by atoms with van der Waals surface area (Å²) in [5.41, 5.74) is 2.17. The largest absolute Gasteiger partial charge is 0.339 e. The van der Waals surface area contributed by atoms with Gasteiger partial charge in [-0.15, -0.1) is 11.3 Å². The maximum atomic E-state index is 14.0. The first-order valence-corrected chi connectivity index (χ1v) is 14.6. The molecule has 1 fully saturated rings. The highest BCUT2D eigenvalue weighted by Gasteiger charge is 2.25. The fraction of sp³-hybridized carbons (Fsp3) is 0.214. The molecule has 0 saturated carbocycles. The van der Waals surface area contributed by atoms with Gasteiger partial charge in [0.1, 0.15) is 5.82 Å². The van der Waals surface area contributed by atoms with Crippen molar-refractivity contribution in [1.82, 2.24) is 4.90 Å². The van der Waals surface area contributed by atoms with Crippen LogP contribution in [0.5, 0.6) is 0 Å². The number of likely N-dealkylation sites (tertiary alicyclic amines) is 1. The van der Waals surface area contributed by atoms with Crippen LogP contribution in [0.2, 0.25) is 0 Å². The van der Waals surface area contributed by atoms with Crippen LogP contribution in [0.4, 0.5) is 10.1 Å². The number of fused-ring (bicyclic) bond motifs is 1. The van der Waals surface area contributed by atoms with Gasteiger partial charge in [-0.05, 0) is 72.2 Å². The molecule has 3 aromatic carbocycles. The normalized spacial score (nSPS) is 14.6. The summed E-state index contributed by atoms with van der Waals surface area (Å²) < 4.78 is 38.1. The van der Waals surface area contributed by atoms with E-state index in [4.69, 9.17) is 0 Å². The molecule has 0 unspecified atom stereocenters. The first-order valence-electron chi connectivity index (χ1n) is 11.9. The van der Waals surface area contributed by atoms with E-state index in [1.807, 2.05) is 24.3 Å². The summed E-state index contributed by atoms with van der Waals surface area (Å²) in [4.78, 5) is 28.0. The summed E-state index contributed by atoms with van der Waals surface area (Å²) in [6.07, 6.45) is 2.71. The fourth-order valence-corrected chi connectivity index (χ4v) is 6.26. The van der Waals surface area contributed by atoms with Crippen molar-refractivity contribution in [2.45, 2.75) is 23.7 Å². The Labute approximate surface area is 218 Å². The molecule has 190 valence electrons. The van der Waals surface area contributed by atoms with Crippen LogP contribution in [0.15, 0.2) is 77.7 Å². The third-order valence-corrected chi connectivity index (χ3v) is 8.92. The van der Waals surface area contributed by atoms with E-state index in [-0.39, 0.29) is 28.4 Å². The van der Waals surface area contributed by atoms with Crippen LogP contribution in [-0.2, 0) is 9.84 Å². The molecule has 37 heavy (non-hydrogen) atoms. The van der Waals surface area contributed by atoms with Gasteiger partial charge in [-0.2, -0.15) is 0 Å². The zero-order chi connectivity index (χ0) is 26.2. The lowest BCUT2D eigenvalue weighted by Gasteiger charge is -2.32. The number of carbonyl (C=O) groups is 2. The number of nitrogens with one attached hydrogen (secondary N) is 1. The number of carbonyl (C=O) groups excluding carboxylic acids is 2. The lowest BCUT2D eigenvalue weighted by atomic mass is 9.89. The second-order valence-electron chi connectivity index (χ2n) is 9.21. The van der Waals surface area contributed by atoms with E-state index >= 15 is 0 Å². The topological polar surface area (TPSA) is 83.6 Å². The van der Waals surface area contributed by atoms with E-state index < -0.39 is 9.84 Å². The molecule has 2 heterocycles. The van der Waals surface area contributed by atoms with Gasteiger partial charge in [-0.1, -0.05) is 30.3 Å². The number of piperidine rings is 1. The number of anilines is 1. The molecule has 2 amide bonds. The van der Waals surface area contributed by atoms with Gasteiger partial charge in [-0.25, -0.2) is 12.8 Å². The van der Waals surface area contributed by atoms with Gasteiger partial charge in [-0.3, -0.25) is 9.59 Å². The van der Waals surface area contributed by atoms with E-state index in [9.17, 15) is 22.4 Å². The van der Waals surface area contributed by atoms with Crippen LogP contribution >= 0.6 is 11.3 Å². The van der Waals surface area contributed by atoms with Crippen molar-refractivity contribution in [1.29, 1.82) is 0 Å². The lowest BCUT2D eigenvalue weighted by Crippen LogP contribution is -2.38. The maximum absolute atomic E-state index is 14.0. The molecule has 1 saturated heterocycles. The molecule has 1 N–H and O–H groups in total. The Bertz CT molecular complexity index is 1590. The van der Waals surface area contributed by atoms with Gasteiger partial charge in [0.25, 0.3) is 11.8 Å². The van der Waals surface area contributed by atoms with Gasteiger partial charge in [0, 0.05) is 30.6 Å². The second-order valence-corrected chi connectivity index (χ2v) is 12.3. The SMILES string of the molecule is CS(=O)(=O)c1cccc(C(=O)N2CCC(c3ccc(NC(=O)c4cc5cccc(F)c5s4)cc3)CC2)c1. The molecule has 0 radical (unpaired) electrons. The summed E-state index contributed by atoms with van der Waals surface area (Å²) in [5, 5.41) is 3.58. The van der Waals surface area contributed by atoms with Crippen LogP contribution in [0.25, 0.3) is 10.1 Å². The van der Waals surface area contributed by atoms with Gasteiger partial charge >= 0.3 is 0 Å². The molecule has 0 bridgehead atoms. The van der Waals surface area contributed by atoms with E-state index in [0.29, 0.717) is 39.3 Å². The summed E-state index contributed by atoms with van der Waals surface area (Å²) in [7, 11) is -3.38. The highest BCUT2D eigenvalue weighted by molar-refractivity contribution is 7.90. The molecule has 1 aromatic heterocycles. The monoisotopic (exact) mass is 536 g/mol. The Kier molecular flexibility index (Phi) is 6.83. The van der Waals surface area contributed by atoms with Crippen LogP contribution in [0, 0.1) is 5.82 Å². The predicted octanol–water partition coefficient (Wildman–Crippen LogP) is 5.72. The average Bonchev–Trinajstić information content (AvgIpc) is 3.35.